The van der Waals surface area contributed by atoms with Gasteiger partial charge in [-0.2, -0.15) is 0 Å². The van der Waals surface area contributed by atoms with Crippen molar-refractivity contribution in [2.45, 2.75) is 13.5 Å². The minimum Gasteiger partial charge on any atom is -0.399 e. The van der Waals surface area contributed by atoms with Crippen LogP contribution in [0, 0.1) is 6.92 Å². The van der Waals surface area contributed by atoms with Crippen molar-refractivity contribution >= 4 is 17.4 Å². The van der Waals surface area contributed by atoms with Crippen LogP contribution < -0.4 is 16.4 Å². The van der Waals surface area contributed by atoms with Crippen LogP contribution in [-0.2, 0) is 11.3 Å². The largest absolute Gasteiger partial charge is 0.399 e. The molecule has 1 aromatic carbocycles. The lowest BCUT2D eigenvalue weighted by Crippen LogP contribution is -2.34. The van der Waals surface area contributed by atoms with E-state index in [1.165, 1.54) is 0 Å². The summed E-state index contributed by atoms with van der Waals surface area (Å²) in [6.45, 7) is 2.39. The number of hydrogen-bond donors (Lipinski definition) is 2. The molecule has 0 saturated carbocycles. The topological polar surface area (TPSA) is 98.1 Å². The summed E-state index contributed by atoms with van der Waals surface area (Å²) in [5.41, 5.74) is 12.7. The molecule has 1 aromatic heterocycles. The molecular weight excluding hydrogens is 254 g/mol. The predicted octanol–water partition coefficient (Wildman–Crippen LogP) is 0.859. The second-order valence-corrected chi connectivity index (χ2v) is 4.53. The highest BCUT2D eigenvalue weighted by molar-refractivity contribution is 5.79. The van der Waals surface area contributed by atoms with E-state index in [-0.39, 0.29) is 6.54 Å². The first-order chi connectivity index (χ1) is 9.54. The number of aryl methyl sites for hydroxylation is 1. The first-order valence-corrected chi connectivity index (χ1v) is 6.22. The van der Waals surface area contributed by atoms with Crippen LogP contribution in [0.5, 0.6) is 0 Å². The number of nitrogens with two attached hydrogens (primary N) is 2. The maximum absolute atomic E-state index is 11.2. The average Bonchev–Trinajstić information content (AvgIpc) is 2.37. The van der Waals surface area contributed by atoms with E-state index >= 15 is 0 Å². The van der Waals surface area contributed by atoms with E-state index in [0.29, 0.717) is 23.9 Å². The van der Waals surface area contributed by atoms with Crippen LogP contribution in [0.1, 0.15) is 11.4 Å². The number of benzene rings is 1. The molecule has 1 amide bonds. The number of carbonyl (C=O) groups is 1. The van der Waals surface area contributed by atoms with Gasteiger partial charge >= 0.3 is 0 Å². The van der Waals surface area contributed by atoms with Crippen LogP contribution in [0.4, 0.5) is 11.5 Å². The van der Waals surface area contributed by atoms with Crippen molar-refractivity contribution < 1.29 is 4.79 Å². The molecule has 0 bridgehead atoms. The number of rotatable bonds is 5. The number of carbonyl (C=O) groups excluding carboxylic acids is 1. The highest BCUT2D eigenvalue weighted by Gasteiger charge is 2.12. The Kier molecular flexibility index (Phi) is 4.14. The Labute approximate surface area is 117 Å². The van der Waals surface area contributed by atoms with Gasteiger partial charge in [0.2, 0.25) is 5.91 Å². The van der Waals surface area contributed by atoms with Crippen molar-refractivity contribution in [1.82, 2.24) is 9.97 Å². The lowest BCUT2D eigenvalue weighted by Gasteiger charge is -2.22. The Balaban J connectivity index is 2.26. The molecule has 0 spiro atoms. The molecule has 0 saturated heterocycles. The van der Waals surface area contributed by atoms with Crippen LogP contribution in [0.2, 0.25) is 0 Å². The minimum absolute atomic E-state index is 0.0885. The van der Waals surface area contributed by atoms with E-state index < -0.39 is 5.91 Å². The van der Waals surface area contributed by atoms with Gasteiger partial charge in [0, 0.05) is 18.4 Å². The molecule has 2 rings (SSSR count). The van der Waals surface area contributed by atoms with Gasteiger partial charge in [0.05, 0.1) is 6.54 Å². The van der Waals surface area contributed by atoms with Gasteiger partial charge in [-0.3, -0.25) is 4.79 Å². The molecule has 20 heavy (non-hydrogen) atoms. The Morgan fingerprint density at radius 1 is 1.35 bits per heavy atom. The van der Waals surface area contributed by atoms with Gasteiger partial charge in [-0.15, -0.1) is 0 Å². The molecule has 0 aliphatic carbocycles. The summed E-state index contributed by atoms with van der Waals surface area (Å²) in [6.07, 6.45) is 1.66. The van der Waals surface area contributed by atoms with Crippen LogP contribution >= 0.6 is 0 Å². The lowest BCUT2D eigenvalue weighted by atomic mass is 10.2. The van der Waals surface area contributed by atoms with E-state index in [1.54, 1.807) is 24.1 Å². The zero-order chi connectivity index (χ0) is 14.5. The van der Waals surface area contributed by atoms with Crippen LogP contribution in [0.25, 0.3) is 0 Å². The number of primary amides is 1. The number of anilines is 2. The molecule has 2 aromatic rings. The number of nitrogen functional groups attached to an aromatic ring is 1. The number of aromatic nitrogens is 2. The molecule has 0 radical (unpaired) electrons. The minimum atomic E-state index is -0.412. The van der Waals surface area contributed by atoms with E-state index in [2.05, 4.69) is 9.97 Å². The molecule has 6 heteroatoms. The quantitative estimate of drug-likeness (QED) is 0.786. The summed E-state index contributed by atoms with van der Waals surface area (Å²) >= 11 is 0. The summed E-state index contributed by atoms with van der Waals surface area (Å²) in [4.78, 5) is 21.4. The fraction of sp³-hybridized carbons (Fsp3) is 0.214. The monoisotopic (exact) mass is 271 g/mol. The molecule has 0 aliphatic heterocycles. The Bertz CT molecular complexity index is 614. The maximum atomic E-state index is 11.2. The van der Waals surface area contributed by atoms with E-state index in [0.717, 1.165) is 5.56 Å². The predicted molar refractivity (Wildman–Crippen MR) is 77.9 cm³/mol. The van der Waals surface area contributed by atoms with Crippen molar-refractivity contribution in [2.24, 2.45) is 5.73 Å². The van der Waals surface area contributed by atoms with Crippen molar-refractivity contribution in [1.29, 1.82) is 0 Å². The number of nitrogens with zero attached hydrogens (tertiary/aromatic N) is 3. The first kappa shape index (κ1) is 13.8. The highest BCUT2D eigenvalue weighted by atomic mass is 16.1. The van der Waals surface area contributed by atoms with Crippen LogP contribution in [0.3, 0.4) is 0 Å². The van der Waals surface area contributed by atoms with Crippen LogP contribution in [0.15, 0.2) is 36.5 Å². The molecule has 0 aliphatic rings. The fourth-order valence-corrected chi connectivity index (χ4v) is 1.94. The first-order valence-electron chi connectivity index (χ1n) is 6.22. The van der Waals surface area contributed by atoms with Crippen molar-refractivity contribution in [3.8, 4) is 0 Å². The summed E-state index contributed by atoms with van der Waals surface area (Å²) in [7, 11) is 0. The maximum Gasteiger partial charge on any atom is 0.237 e. The molecule has 104 valence electrons. The van der Waals surface area contributed by atoms with Crippen molar-refractivity contribution in [3.63, 3.8) is 0 Å². The standard InChI is InChI=1S/C14H17N5O/c1-10-17-6-5-14(18-10)19(9-13(16)20)8-11-3-2-4-12(15)7-11/h2-7H,8-9,15H2,1H3,(H2,16,20). The molecule has 0 unspecified atom stereocenters. The van der Waals surface area contributed by atoms with Gasteiger partial charge in [0.1, 0.15) is 11.6 Å². The zero-order valence-corrected chi connectivity index (χ0v) is 11.3. The van der Waals surface area contributed by atoms with Crippen molar-refractivity contribution in [3.05, 3.63) is 47.9 Å². The number of amides is 1. The SMILES string of the molecule is Cc1nccc(N(CC(N)=O)Cc2cccc(N)c2)n1. The molecule has 0 atom stereocenters. The molecule has 6 nitrogen and oxygen atoms in total. The smallest absolute Gasteiger partial charge is 0.237 e. The number of hydrogen-bond acceptors (Lipinski definition) is 5. The zero-order valence-electron chi connectivity index (χ0n) is 11.3. The average molecular weight is 271 g/mol. The molecule has 1 heterocycles. The molecular formula is C14H17N5O. The molecule has 4 N–H and O–H groups in total. The second kappa shape index (κ2) is 6.01. The highest BCUT2D eigenvalue weighted by Crippen LogP contribution is 2.15. The van der Waals surface area contributed by atoms with Gasteiger partial charge in [0.25, 0.3) is 0 Å². The van der Waals surface area contributed by atoms with Gasteiger partial charge in [-0.05, 0) is 30.7 Å². The van der Waals surface area contributed by atoms with E-state index in [9.17, 15) is 4.79 Å². The Morgan fingerprint density at radius 2 is 2.15 bits per heavy atom. The van der Waals surface area contributed by atoms with E-state index in [1.807, 2.05) is 24.3 Å². The summed E-state index contributed by atoms with van der Waals surface area (Å²) < 4.78 is 0. The van der Waals surface area contributed by atoms with Gasteiger partial charge < -0.3 is 16.4 Å². The third-order valence-electron chi connectivity index (χ3n) is 2.76. The van der Waals surface area contributed by atoms with Gasteiger partial charge in [-0.1, -0.05) is 12.1 Å². The Morgan fingerprint density at radius 3 is 2.80 bits per heavy atom. The fourth-order valence-electron chi connectivity index (χ4n) is 1.94. The summed E-state index contributed by atoms with van der Waals surface area (Å²) in [5.74, 6) is 0.897. The van der Waals surface area contributed by atoms with Crippen LogP contribution in [-0.4, -0.2) is 22.4 Å². The third-order valence-corrected chi connectivity index (χ3v) is 2.76. The second-order valence-electron chi connectivity index (χ2n) is 4.53. The third kappa shape index (κ3) is 3.68. The van der Waals surface area contributed by atoms with Gasteiger partial charge in [0.15, 0.2) is 0 Å². The van der Waals surface area contributed by atoms with Gasteiger partial charge in [-0.25, -0.2) is 9.97 Å². The lowest BCUT2D eigenvalue weighted by molar-refractivity contribution is -0.116. The van der Waals surface area contributed by atoms with Crippen molar-refractivity contribution in [2.75, 3.05) is 17.2 Å². The van der Waals surface area contributed by atoms with E-state index in [4.69, 9.17) is 11.5 Å². The molecule has 0 fully saturated rings. The normalized spacial score (nSPS) is 10.2. The summed E-state index contributed by atoms with van der Waals surface area (Å²) in [6, 6.07) is 9.25. The summed E-state index contributed by atoms with van der Waals surface area (Å²) in [5, 5.41) is 0. The Hall–Kier alpha value is -2.63.